The molecule has 1 atom stereocenters. The molecule has 1 N–H and O–H groups in total. The molecule has 8 nitrogen and oxygen atoms in total. The van der Waals surface area contributed by atoms with E-state index in [0.717, 1.165) is 10.1 Å². The van der Waals surface area contributed by atoms with Gasteiger partial charge in [-0.15, -0.1) is 10.2 Å². The van der Waals surface area contributed by atoms with Crippen LogP contribution in [0.4, 0.5) is 10.8 Å². The molecule has 1 aliphatic heterocycles. The first-order valence-corrected chi connectivity index (χ1v) is 12.2. The van der Waals surface area contributed by atoms with Crippen LogP contribution in [0.1, 0.15) is 20.8 Å². The average molecular weight is 443 g/mol. The van der Waals surface area contributed by atoms with Gasteiger partial charge in [0.2, 0.25) is 15.2 Å². The van der Waals surface area contributed by atoms with Gasteiger partial charge < -0.3 is 4.74 Å². The maximum atomic E-state index is 12.7. The molecule has 2 aromatic rings. The number of amides is 1. The zero-order chi connectivity index (χ0) is 20.3. The van der Waals surface area contributed by atoms with Gasteiger partial charge in [-0.3, -0.25) is 14.4 Å². The molecule has 0 bridgehead atoms. The van der Waals surface area contributed by atoms with Gasteiger partial charge in [-0.1, -0.05) is 49.1 Å². The standard InChI is InChI=1S/C17H22N4O4S3/c1-4-28(23,24)21-9-14(25-13-8-6-5-7-12(13)21)15(22)18-16-19-20-17(27-16)26-10-11(2)3/h5-8,11,14H,4,9-10H2,1-3H3,(H,18,19,22)/t14-/m0/s1. The number of carbonyl (C=O) groups excluding carboxylic acids is 1. The van der Waals surface area contributed by atoms with Crippen LogP contribution in [0.5, 0.6) is 5.75 Å². The van der Waals surface area contributed by atoms with Crippen LogP contribution in [0.15, 0.2) is 28.6 Å². The third-order valence-electron chi connectivity index (χ3n) is 3.90. The van der Waals surface area contributed by atoms with E-state index >= 15 is 0 Å². The van der Waals surface area contributed by atoms with E-state index in [9.17, 15) is 13.2 Å². The Morgan fingerprint density at radius 2 is 2.14 bits per heavy atom. The normalized spacial score (nSPS) is 16.6. The smallest absolute Gasteiger partial charge is 0.269 e. The fourth-order valence-corrected chi connectivity index (χ4v) is 5.36. The van der Waals surface area contributed by atoms with Gasteiger partial charge in [0.1, 0.15) is 5.75 Å². The number of anilines is 2. The van der Waals surface area contributed by atoms with E-state index in [-0.39, 0.29) is 12.3 Å². The van der Waals surface area contributed by atoms with Gasteiger partial charge >= 0.3 is 0 Å². The SMILES string of the molecule is CCS(=O)(=O)N1C[C@@H](C(=O)Nc2nnc(SCC(C)C)s2)Oc2ccccc21. The second-order valence-electron chi connectivity index (χ2n) is 6.57. The molecule has 1 aromatic carbocycles. The molecule has 1 amide bonds. The third kappa shape index (κ3) is 4.76. The molecule has 1 aromatic heterocycles. The number of fused-ring (bicyclic) bond motifs is 1. The first kappa shape index (κ1) is 20.9. The van der Waals surface area contributed by atoms with Crippen LogP contribution in [0.25, 0.3) is 0 Å². The van der Waals surface area contributed by atoms with E-state index in [0.29, 0.717) is 22.5 Å². The van der Waals surface area contributed by atoms with Gasteiger partial charge in [0.05, 0.1) is 18.0 Å². The minimum absolute atomic E-state index is 0.0670. The lowest BCUT2D eigenvalue weighted by atomic mass is 10.2. The summed E-state index contributed by atoms with van der Waals surface area (Å²) >= 11 is 2.87. The summed E-state index contributed by atoms with van der Waals surface area (Å²) in [5.41, 5.74) is 0.441. The highest BCUT2D eigenvalue weighted by Crippen LogP contribution is 2.35. The summed E-state index contributed by atoms with van der Waals surface area (Å²) in [7, 11) is -3.54. The number of carbonyl (C=O) groups is 1. The first-order chi connectivity index (χ1) is 13.3. The number of nitrogens with zero attached hydrogens (tertiary/aromatic N) is 3. The molecular formula is C17H22N4O4S3. The highest BCUT2D eigenvalue weighted by molar-refractivity contribution is 8.01. The van der Waals surface area contributed by atoms with Crippen molar-refractivity contribution < 1.29 is 17.9 Å². The Hall–Kier alpha value is -1.85. The summed E-state index contributed by atoms with van der Waals surface area (Å²) in [5.74, 6) is 1.27. The monoisotopic (exact) mass is 442 g/mol. The van der Waals surface area contributed by atoms with Crippen molar-refractivity contribution in [2.24, 2.45) is 5.92 Å². The summed E-state index contributed by atoms with van der Waals surface area (Å²) in [6, 6.07) is 6.79. The molecule has 28 heavy (non-hydrogen) atoms. The van der Waals surface area contributed by atoms with Crippen LogP contribution in [0.3, 0.4) is 0 Å². The summed E-state index contributed by atoms with van der Waals surface area (Å²) < 4.78 is 32.7. The number of ether oxygens (including phenoxy) is 1. The summed E-state index contributed by atoms with van der Waals surface area (Å²) in [4.78, 5) is 12.7. The molecule has 0 radical (unpaired) electrons. The molecule has 1 aliphatic rings. The van der Waals surface area contributed by atoms with Crippen molar-refractivity contribution in [3.63, 3.8) is 0 Å². The molecule has 0 fully saturated rings. The Kier molecular flexibility index (Phi) is 6.46. The summed E-state index contributed by atoms with van der Waals surface area (Å²) in [5, 5.41) is 11.1. The van der Waals surface area contributed by atoms with Gasteiger partial charge in [0.25, 0.3) is 5.91 Å². The minimum atomic E-state index is -3.54. The highest BCUT2D eigenvalue weighted by atomic mass is 32.2. The van der Waals surface area contributed by atoms with Crippen LogP contribution in [0, 0.1) is 5.92 Å². The number of nitrogens with one attached hydrogen (secondary N) is 1. The fourth-order valence-electron chi connectivity index (χ4n) is 2.50. The van der Waals surface area contributed by atoms with Gasteiger partial charge in [-0.25, -0.2) is 8.42 Å². The Balaban J connectivity index is 1.74. The van der Waals surface area contributed by atoms with Gasteiger partial charge in [-0.2, -0.15) is 0 Å². The fraction of sp³-hybridized carbons (Fsp3) is 0.471. The van der Waals surface area contributed by atoms with Crippen LogP contribution in [0.2, 0.25) is 0 Å². The van der Waals surface area contributed by atoms with E-state index in [2.05, 4.69) is 29.4 Å². The number of thioether (sulfide) groups is 1. The number of aromatic nitrogens is 2. The molecule has 0 saturated carbocycles. The lowest BCUT2D eigenvalue weighted by Gasteiger charge is -2.34. The molecule has 3 rings (SSSR count). The maximum absolute atomic E-state index is 12.7. The zero-order valence-corrected chi connectivity index (χ0v) is 18.2. The molecule has 0 aliphatic carbocycles. The van der Waals surface area contributed by atoms with Gasteiger partial charge in [-0.05, 0) is 25.0 Å². The van der Waals surface area contributed by atoms with Crippen molar-refractivity contribution in [2.75, 3.05) is 27.7 Å². The number of rotatable bonds is 7. The van der Waals surface area contributed by atoms with Crippen molar-refractivity contribution in [3.8, 4) is 5.75 Å². The second-order valence-corrected chi connectivity index (χ2v) is 11.0. The Bertz CT molecular complexity index is 945. The van der Waals surface area contributed by atoms with Gasteiger partial charge in [0, 0.05) is 5.75 Å². The Morgan fingerprint density at radius 1 is 1.39 bits per heavy atom. The van der Waals surface area contributed by atoms with E-state index in [1.54, 1.807) is 43.0 Å². The van der Waals surface area contributed by atoms with E-state index < -0.39 is 22.0 Å². The van der Waals surface area contributed by atoms with Crippen LogP contribution in [-0.4, -0.2) is 48.7 Å². The number of hydrogen-bond donors (Lipinski definition) is 1. The number of benzene rings is 1. The van der Waals surface area contributed by atoms with E-state index in [1.165, 1.54) is 15.6 Å². The van der Waals surface area contributed by atoms with Crippen molar-refractivity contribution in [1.29, 1.82) is 0 Å². The summed E-state index contributed by atoms with van der Waals surface area (Å²) in [6.07, 6.45) is -0.980. The lowest BCUT2D eigenvalue weighted by molar-refractivity contribution is -0.122. The molecule has 0 spiro atoms. The first-order valence-electron chi connectivity index (χ1n) is 8.83. The van der Waals surface area contributed by atoms with E-state index in [4.69, 9.17) is 4.74 Å². The van der Waals surface area contributed by atoms with Crippen molar-refractivity contribution in [1.82, 2.24) is 10.2 Å². The zero-order valence-electron chi connectivity index (χ0n) is 15.8. The van der Waals surface area contributed by atoms with Crippen LogP contribution < -0.4 is 14.4 Å². The predicted molar refractivity (Wildman–Crippen MR) is 112 cm³/mol. The number of para-hydroxylation sites is 2. The van der Waals surface area contributed by atoms with Gasteiger partial charge in [0.15, 0.2) is 10.4 Å². The average Bonchev–Trinajstić information content (AvgIpc) is 3.12. The molecule has 0 saturated heterocycles. The Morgan fingerprint density at radius 3 is 2.86 bits per heavy atom. The largest absolute Gasteiger partial charge is 0.476 e. The highest BCUT2D eigenvalue weighted by Gasteiger charge is 2.36. The second kappa shape index (κ2) is 8.66. The number of sulfonamides is 1. The molecular weight excluding hydrogens is 420 g/mol. The van der Waals surface area contributed by atoms with Crippen molar-refractivity contribution in [2.45, 2.75) is 31.2 Å². The molecule has 2 heterocycles. The van der Waals surface area contributed by atoms with Crippen molar-refractivity contribution in [3.05, 3.63) is 24.3 Å². The van der Waals surface area contributed by atoms with E-state index in [1.807, 2.05) is 0 Å². The lowest BCUT2D eigenvalue weighted by Crippen LogP contribution is -2.49. The predicted octanol–water partition coefficient (Wildman–Crippen LogP) is 2.84. The van der Waals surface area contributed by atoms with Crippen molar-refractivity contribution >= 4 is 49.8 Å². The quantitative estimate of drug-likeness (QED) is 0.520. The van der Waals surface area contributed by atoms with Crippen LogP contribution >= 0.6 is 23.1 Å². The minimum Gasteiger partial charge on any atom is -0.476 e. The van der Waals surface area contributed by atoms with Crippen LogP contribution in [-0.2, 0) is 14.8 Å². The third-order valence-corrected chi connectivity index (χ3v) is 8.05. The Labute approximate surface area is 172 Å². The molecule has 152 valence electrons. The molecule has 0 unspecified atom stereocenters. The molecule has 11 heteroatoms. The number of hydrogen-bond acceptors (Lipinski definition) is 8. The summed E-state index contributed by atoms with van der Waals surface area (Å²) in [6.45, 7) is 5.71. The topological polar surface area (TPSA) is 101 Å². The maximum Gasteiger partial charge on any atom is 0.269 e.